The summed E-state index contributed by atoms with van der Waals surface area (Å²) in [4.78, 5) is 5.26. The molecule has 0 aliphatic carbocycles. The van der Waals surface area contributed by atoms with Gasteiger partial charge in [-0.1, -0.05) is 0 Å². The molecule has 0 bridgehead atoms. The van der Waals surface area contributed by atoms with Crippen molar-refractivity contribution in [1.82, 2.24) is 29.9 Å². The first kappa shape index (κ1) is 17.4. The van der Waals surface area contributed by atoms with Gasteiger partial charge in [0.1, 0.15) is 11.6 Å². The van der Waals surface area contributed by atoms with Gasteiger partial charge < -0.3 is 14.8 Å². The topological polar surface area (TPSA) is 49.2 Å². The zero-order chi connectivity index (χ0) is 17.1. The summed E-state index contributed by atoms with van der Waals surface area (Å²) < 4.78 is 2.41. The maximum absolute atomic E-state index is 4.65. The monoisotopic (exact) mass is 346 g/mol. The molecule has 3 fully saturated rings. The van der Waals surface area contributed by atoms with Gasteiger partial charge in [-0.05, 0) is 84.7 Å². The Balaban J connectivity index is 1.37. The van der Waals surface area contributed by atoms with Crippen molar-refractivity contribution in [2.24, 2.45) is 0 Å². The predicted octanol–water partition coefficient (Wildman–Crippen LogP) is 1.83. The number of rotatable bonds is 5. The van der Waals surface area contributed by atoms with Gasteiger partial charge in [0.2, 0.25) is 0 Å². The van der Waals surface area contributed by atoms with Crippen LogP contribution in [0, 0.1) is 0 Å². The van der Waals surface area contributed by atoms with Crippen molar-refractivity contribution < 1.29 is 0 Å². The second-order valence-electron chi connectivity index (χ2n) is 7.99. The molecule has 4 rings (SSSR count). The van der Waals surface area contributed by atoms with Gasteiger partial charge in [0.25, 0.3) is 0 Å². The van der Waals surface area contributed by atoms with E-state index < -0.39 is 0 Å². The van der Waals surface area contributed by atoms with E-state index in [2.05, 4.69) is 36.8 Å². The molecular weight excluding hydrogens is 312 g/mol. The molecule has 0 amide bonds. The average molecular weight is 347 g/mol. The maximum atomic E-state index is 4.65. The normalized spacial score (nSPS) is 25.0. The van der Waals surface area contributed by atoms with Crippen molar-refractivity contribution in [3.8, 4) is 0 Å². The van der Waals surface area contributed by atoms with E-state index in [-0.39, 0.29) is 0 Å². The Bertz CT molecular complexity index is 536. The Morgan fingerprint density at radius 2 is 1.68 bits per heavy atom. The van der Waals surface area contributed by atoms with E-state index in [4.69, 9.17) is 0 Å². The average Bonchev–Trinajstić information content (AvgIpc) is 3.32. The number of nitrogens with zero attached hydrogens (tertiary/aromatic N) is 5. The Morgan fingerprint density at radius 3 is 2.36 bits per heavy atom. The van der Waals surface area contributed by atoms with Crippen molar-refractivity contribution in [1.29, 1.82) is 0 Å². The minimum atomic E-state index is 0.595. The van der Waals surface area contributed by atoms with Crippen LogP contribution in [0.3, 0.4) is 0 Å². The Hall–Kier alpha value is -0.980. The fourth-order valence-corrected chi connectivity index (χ4v) is 4.95. The molecule has 0 unspecified atom stereocenters. The van der Waals surface area contributed by atoms with Gasteiger partial charge in [-0.2, -0.15) is 0 Å². The second-order valence-corrected chi connectivity index (χ2v) is 7.99. The molecule has 0 radical (unpaired) electrons. The molecule has 1 N–H and O–H groups in total. The first-order chi connectivity index (χ1) is 12.3. The van der Waals surface area contributed by atoms with Gasteiger partial charge in [-0.3, -0.25) is 4.90 Å². The summed E-state index contributed by atoms with van der Waals surface area (Å²) >= 11 is 0. The van der Waals surface area contributed by atoms with Crippen LogP contribution in [-0.4, -0.2) is 69.9 Å². The molecule has 0 spiro atoms. The van der Waals surface area contributed by atoms with E-state index in [1.54, 1.807) is 0 Å². The lowest BCUT2D eigenvalue weighted by atomic mass is 9.93. The molecule has 6 nitrogen and oxygen atoms in total. The van der Waals surface area contributed by atoms with Crippen molar-refractivity contribution in [2.75, 3.05) is 39.3 Å². The van der Waals surface area contributed by atoms with Gasteiger partial charge >= 0.3 is 0 Å². The number of hydrogen-bond acceptors (Lipinski definition) is 5. The van der Waals surface area contributed by atoms with Crippen LogP contribution in [0.1, 0.15) is 63.0 Å². The molecule has 0 aromatic carbocycles. The highest BCUT2D eigenvalue weighted by atomic mass is 15.3. The third kappa shape index (κ3) is 3.91. The van der Waals surface area contributed by atoms with E-state index in [1.807, 2.05) is 0 Å². The lowest BCUT2D eigenvalue weighted by Crippen LogP contribution is -2.46. The minimum Gasteiger partial charge on any atom is -0.317 e. The van der Waals surface area contributed by atoms with Gasteiger partial charge in [-0.15, -0.1) is 10.2 Å². The highest BCUT2D eigenvalue weighted by Gasteiger charge is 2.30. The number of aromatic nitrogens is 3. The number of likely N-dealkylation sites (tertiary alicyclic amines) is 2. The molecule has 1 aromatic heterocycles. The van der Waals surface area contributed by atoms with Crippen LogP contribution in [0.15, 0.2) is 0 Å². The Kier molecular flexibility index (Phi) is 5.68. The molecule has 3 aliphatic rings. The predicted molar refractivity (Wildman–Crippen MR) is 99.6 cm³/mol. The highest BCUT2D eigenvalue weighted by Crippen LogP contribution is 2.30. The molecule has 3 saturated heterocycles. The first-order valence-electron chi connectivity index (χ1n) is 10.4. The fraction of sp³-hybridized carbons (Fsp3) is 0.895. The van der Waals surface area contributed by atoms with Crippen molar-refractivity contribution in [3.63, 3.8) is 0 Å². The van der Waals surface area contributed by atoms with E-state index in [0.717, 1.165) is 19.1 Å². The van der Waals surface area contributed by atoms with Gasteiger partial charge in [0.05, 0.1) is 6.54 Å². The summed E-state index contributed by atoms with van der Waals surface area (Å²) in [5, 5.41) is 12.7. The standard InChI is InChI=1S/C19H34N6/c1-2-25-18(15-23-11-3-4-12-23)21-22-19(25)16-7-13-24(14-8-16)17-5-9-20-10-6-17/h16-17,20H,2-15H2,1H3. The van der Waals surface area contributed by atoms with Crippen molar-refractivity contribution in [2.45, 2.75) is 70.5 Å². The molecule has 1 aromatic rings. The molecular formula is C19H34N6. The quantitative estimate of drug-likeness (QED) is 0.881. The first-order valence-corrected chi connectivity index (χ1v) is 10.4. The maximum Gasteiger partial charge on any atom is 0.147 e. The van der Waals surface area contributed by atoms with Crippen LogP contribution >= 0.6 is 0 Å². The lowest BCUT2D eigenvalue weighted by molar-refractivity contribution is 0.124. The SMILES string of the molecule is CCn1c(CN2CCCC2)nnc1C1CCN(C2CCNCC2)CC1. The van der Waals surface area contributed by atoms with Gasteiger partial charge in [0, 0.05) is 18.5 Å². The smallest absolute Gasteiger partial charge is 0.147 e. The number of nitrogens with one attached hydrogen (secondary N) is 1. The molecule has 25 heavy (non-hydrogen) atoms. The van der Waals surface area contributed by atoms with E-state index in [9.17, 15) is 0 Å². The van der Waals surface area contributed by atoms with E-state index in [0.29, 0.717) is 5.92 Å². The lowest BCUT2D eigenvalue weighted by Gasteiger charge is -2.39. The second kappa shape index (κ2) is 8.14. The van der Waals surface area contributed by atoms with Crippen molar-refractivity contribution in [3.05, 3.63) is 11.6 Å². The molecule has 4 heterocycles. The van der Waals surface area contributed by atoms with Gasteiger partial charge in [0.15, 0.2) is 0 Å². The zero-order valence-corrected chi connectivity index (χ0v) is 15.8. The third-order valence-electron chi connectivity index (χ3n) is 6.46. The molecule has 0 atom stereocenters. The zero-order valence-electron chi connectivity index (χ0n) is 15.8. The van der Waals surface area contributed by atoms with Crippen LogP contribution in [-0.2, 0) is 13.1 Å². The highest BCUT2D eigenvalue weighted by molar-refractivity contribution is 5.05. The van der Waals surface area contributed by atoms with E-state index in [1.165, 1.54) is 89.4 Å². The third-order valence-corrected chi connectivity index (χ3v) is 6.46. The van der Waals surface area contributed by atoms with Crippen LogP contribution in [0.5, 0.6) is 0 Å². The molecule has 140 valence electrons. The number of piperidine rings is 2. The molecule has 6 heteroatoms. The number of hydrogen-bond donors (Lipinski definition) is 1. The summed E-state index contributed by atoms with van der Waals surface area (Å²) in [7, 11) is 0. The summed E-state index contributed by atoms with van der Waals surface area (Å²) in [6.45, 7) is 11.5. The summed E-state index contributed by atoms with van der Waals surface area (Å²) in [5.41, 5.74) is 0. The van der Waals surface area contributed by atoms with Crippen LogP contribution in [0.2, 0.25) is 0 Å². The summed E-state index contributed by atoms with van der Waals surface area (Å²) in [6, 6.07) is 0.803. The van der Waals surface area contributed by atoms with Crippen LogP contribution in [0.4, 0.5) is 0 Å². The molecule has 3 aliphatic heterocycles. The minimum absolute atomic E-state index is 0.595. The summed E-state index contributed by atoms with van der Waals surface area (Å²) in [6.07, 6.45) is 7.79. The largest absolute Gasteiger partial charge is 0.317 e. The summed E-state index contributed by atoms with van der Waals surface area (Å²) in [5.74, 6) is 3.03. The van der Waals surface area contributed by atoms with Crippen molar-refractivity contribution >= 4 is 0 Å². The fourth-order valence-electron chi connectivity index (χ4n) is 4.95. The van der Waals surface area contributed by atoms with Gasteiger partial charge in [-0.25, -0.2) is 0 Å². The van der Waals surface area contributed by atoms with Crippen LogP contribution in [0.25, 0.3) is 0 Å². The van der Waals surface area contributed by atoms with E-state index >= 15 is 0 Å². The molecule has 0 saturated carbocycles. The van der Waals surface area contributed by atoms with Crippen LogP contribution < -0.4 is 5.32 Å². The Labute approximate surface area is 152 Å². The Morgan fingerprint density at radius 1 is 0.960 bits per heavy atom.